The SMILES string of the molecule is COc1cccc([C@@H]2C(C(=O)Nc3ccccc3)=C(C)N=c3s/c(=C\c4cc(I)c(OCC(=O)O)c(OC)c4)c(=O)n32)c1. The molecule has 43 heavy (non-hydrogen) atoms. The Morgan fingerprint density at radius 3 is 2.56 bits per heavy atom. The summed E-state index contributed by atoms with van der Waals surface area (Å²) in [6, 6.07) is 19.0. The number of carboxylic acids is 1. The van der Waals surface area contributed by atoms with Gasteiger partial charge in [0.05, 0.1) is 39.6 Å². The number of hydrogen-bond acceptors (Lipinski definition) is 8. The van der Waals surface area contributed by atoms with E-state index >= 15 is 0 Å². The second-order valence-electron chi connectivity index (χ2n) is 9.40. The molecule has 0 spiro atoms. The van der Waals surface area contributed by atoms with Crippen molar-refractivity contribution in [1.29, 1.82) is 0 Å². The van der Waals surface area contributed by atoms with Gasteiger partial charge in [0.1, 0.15) is 5.75 Å². The van der Waals surface area contributed by atoms with Crippen LogP contribution in [0.3, 0.4) is 0 Å². The number of halogens is 1. The molecule has 1 amide bonds. The van der Waals surface area contributed by atoms with Crippen LogP contribution in [-0.2, 0) is 9.59 Å². The second-order valence-corrected chi connectivity index (χ2v) is 11.6. The fraction of sp³-hybridized carbons (Fsp3) is 0.161. The Morgan fingerprint density at radius 2 is 1.86 bits per heavy atom. The lowest BCUT2D eigenvalue weighted by Crippen LogP contribution is -2.40. The largest absolute Gasteiger partial charge is 0.497 e. The van der Waals surface area contributed by atoms with Gasteiger partial charge in [0, 0.05) is 5.69 Å². The summed E-state index contributed by atoms with van der Waals surface area (Å²) in [6.45, 7) is 1.24. The number of carbonyl (C=O) groups is 2. The normalized spacial score (nSPS) is 14.5. The van der Waals surface area contributed by atoms with Crippen LogP contribution in [0.2, 0.25) is 0 Å². The third kappa shape index (κ3) is 6.34. The minimum absolute atomic E-state index is 0.298. The summed E-state index contributed by atoms with van der Waals surface area (Å²) >= 11 is 3.23. The molecule has 0 radical (unpaired) electrons. The van der Waals surface area contributed by atoms with Gasteiger partial charge >= 0.3 is 5.97 Å². The zero-order chi connectivity index (χ0) is 30.7. The number of para-hydroxylation sites is 1. The predicted molar refractivity (Wildman–Crippen MR) is 171 cm³/mol. The summed E-state index contributed by atoms with van der Waals surface area (Å²) in [5.41, 5.74) is 2.46. The Bertz CT molecular complexity index is 1930. The molecule has 0 aliphatic carbocycles. The van der Waals surface area contributed by atoms with Gasteiger partial charge in [-0.25, -0.2) is 9.79 Å². The standard InChI is InChI=1S/C31H26IN3O7S/c1-17-26(29(38)34-20-9-5-4-6-10-20)27(19-8-7-11-21(15-19)40-2)35-30(39)24(43-31(35)33-17)14-18-12-22(32)28(23(13-18)41-3)42-16-25(36)37/h4-15,27H,16H2,1-3H3,(H,34,38)(H,36,37)/b24-14-/t27-/m1/s1. The number of benzene rings is 3. The molecule has 5 rings (SSSR count). The number of nitrogens with one attached hydrogen (secondary N) is 1. The van der Waals surface area contributed by atoms with Crippen molar-refractivity contribution < 1.29 is 28.9 Å². The Morgan fingerprint density at radius 1 is 1.09 bits per heavy atom. The number of anilines is 1. The Hall–Kier alpha value is -4.43. The van der Waals surface area contributed by atoms with Crippen molar-refractivity contribution >= 4 is 57.6 Å². The van der Waals surface area contributed by atoms with Crippen molar-refractivity contribution in [3.8, 4) is 17.2 Å². The first-order valence-corrected chi connectivity index (χ1v) is 14.8. The van der Waals surface area contributed by atoms with Gasteiger partial charge in [-0.3, -0.25) is 14.2 Å². The highest BCUT2D eigenvalue weighted by atomic mass is 127. The van der Waals surface area contributed by atoms with Crippen LogP contribution in [0.1, 0.15) is 24.1 Å². The minimum atomic E-state index is -1.11. The molecule has 0 fully saturated rings. The van der Waals surface area contributed by atoms with E-state index in [0.717, 1.165) is 0 Å². The topological polar surface area (TPSA) is 128 Å². The highest BCUT2D eigenvalue weighted by Crippen LogP contribution is 2.35. The van der Waals surface area contributed by atoms with E-state index in [4.69, 9.17) is 19.3 Å². The van der Waals surface area contributed by atoms with Gasteiger partial charge in [-0.1, -0.05) is 41.7 Å². The molecule has 0 saturated heterocycles. The van der Waals surface area contributed by atoms with Gasteiger partial charge < -0.3 is 24.6 Å². The molecular formula is C31H26IN3O7S. The number of rotatable bonds is 9. The second kappa shape index (κ2) is 12.8. The maximum absolute atomic E-state index is 14.0. The van der Waals surface area contributed by atoms with Crippen molar-refractivity contribution in [3.63, 3.8) is 0 Å². The number of ether oxygens (including phenoxy) is 3. The molecule has 12 heteroatoms. The molecule has 2 N–H and O–H groups in total. The van der Waals surface area contributed by atoms with Crippen LogP contribution in [0, 0.1) is 3.57 Å². The molecule has 220 valence electrons. The summed E-state index contributed by atoms with van der Waals surface area (Å²) in [6.07, 6.45) is 1.71. The average molecular weight is 712 g/mol. The Balaban J connectivity index is 1.64. The van der Waals surface area contributed by atoms with Crippen LogP contribution in [-0.4, -0.2) is 42.4 Å². The molecule has 2 heterocycles. The van der Waals surface area contributed by atoms with Gasteiger partial charge in [-0.05, 0) is 83.1 Å². The molecule has 0 saturated carbocycles. The fourth-order valence-electron chi connectivity index (χ4n) is 4.71. The molecule has 1 aliphatic rings. The lowest BCUT2D eigenvalue weighted by molar-refractivity contribution is -0.139. The van der Waals surface area contributed by atoms with Crippen LogP contribution in [0.15, 0.2) is 87.8 Å². The van der Waals surface area contributed by atoms with E-state index in [1.807, 2.05) is 52.9 Å². The van der Waals surface area contributed by atoms with Crippen LogP contribution in [0.5, 0.6) is 17.2 Å². The molecule has 1 atom stereocenters. The third-order valence-electron chi connectivity index (χ3n) is 6.60. The number of fused-ring (bicyclic) bond motifs is 1. The van der Waals surface area contributed by atoms with Gasteiger partial charge in [0.25, 0.3) is 11.5 Å². The van der Waals surface area contributed by atoms with Gasteiger partial charge in [0.2, 0.25) is 0 Å². The molecule has 0 bridgehead atoms. The van der Waals surface area contributed by atoms with Crippen LogP contribution in [0.25, 0.3) is 6.08 Å². The maximum atomic E-state index is 14.0. The summed E-state index contributed by atoms with van der Waals surface area (Å²) in [5, 5.41) is 12.0. The highest BCUT2D eigenvalue weighted by molar-refractivity contribution is 14.1. The Kier molecular flexibility index (Phi) is 8.97. The number of carboxylic acid groups (broad SMARTS) is 1. The van der Waals surface area contributed by atoms with Crippen molar-refractivity contribution in [3.05, 3.63) is 112 Å². The predicted octanol–water partition coefficient (Wildman–Crippen LogP) is 3.96. The third-order valence-corrected chi connectivity index (χ3v) is 8.38. The number of aliphatic carboxylic acids is 1. The van der Waals surface area contributed by atoms with E-state index in [2.05, 4.69) is 10.3 Å². The zero-order valence-electron chi connectivity index (χ0n) is 23.3. The van der Waals surface area contributed by atoms with Crippen molar-refractivity contribution in [2.24, 2.45) is 4.99 Å². The molecule has 0 unspecified atom stereocenters. The molecule has 1 aromatic heterocycles. The van der Waals surface area contributed by atoms with Gasteiger partial charge in [-0.2, -0.15) is 0 Å². The maximum Gasteiger partial charge on any atom is 0.341 e. The van der Waals surface area contributed by atoms with Crippen molar-refractivity contribution in [2.45, 2.75) is 13.0 Å². The zero-order valence-corrected chi connectivity index (χ0v) is 26.3. The van der Waals surface area contributed by atoms with E-state index in [9.17, 15) is 14.4 Å². The summed E-state index contributed by atoms with van der Waals surface area (Å²) in [5.74, 6) is -0.264. The van der Waals surface area contributed by atoms with E-state index in [0.29, 0.717) is 58.2 Å². The number of thiazole rings is 1. The summed E-state index contributed by atoms with van der Waals surface area (Å²) in [4.78, 5) is 43.9. The fourth-order valence-corrected chi connectivity index (χ4v) is 6.53. The smallest absolute Gasteiger partial charge is 0.341 e. The van der Waals surface area contributed by atoms with E-state index in [1.54, 1.807) is 56.5 Å². The Labute approximate surface area is 263 Å². The van der Waals surface area contributed by atoms with Gasteiger partial charge in [0.15, 0.2) is 22.9 Å². The molecular weight excluding hydrogens is 685 g/mol. The number of methoxy groups -OCH3 is 2. The average Bonchev–Trinajstić information content (AvgIpc) is 3.29. The van der Waals surface area contributed by atoms with Gasteiger partial charge in [-0.15, -0.1) is 0 Å². The molecule has 4 aromatic rings. The van der Waals surface area contributed by atoms with E-state index < -0.39 is 18.6 Å². The van der Waals surface area contributed by atoms with Crippen molar-refractivity contribution in [2.75, 3.05) is 26.1 Å². The number of carbonyl (C=O) groups excluding carboxylic acids is 1. The first-order chi connectivity index (χ1) is 20.7. The lowest BCUT2D eigenvalue weighted by Gasteiger charge is -2.25. The molecule has 3 aromatic carbocycles. The number of hydrogen-bond donors (Lipinski definition) is 2. The molecule has 1 aliphatic heterocycles. The van der Waals surface area contributed by atoms with Crippen LogP contribution in [0.4, 0.5) is 5.69 Å². The lowest BCUT2D eigenvalue weighted by atomic mass is 9.95. The van der Waals surface area contributed by atoms with E-state index in [1.165, 1.54) is 23.0 Å². The monoisotopic (exact) mass is 711 g/mol. The minimum Gasteiger partial charge on any atom is -0.497 e. The van der Waals surface area contributed by atoms with Crippen LogP contribution < -0.4 is 34.4 Å². The van der Waals surface area contributed by atoms with Crippen LogP contribution >= 0.6 is 33.9 Å². The number of aromatic nitrogens is 1. The first kappa shape index (κ1) is 30.0. The summed E-state index contributed by atoms with van der Waals surface area (Å²) < 4.78 is 18.8. The van der Waals surface area contributed by atoms with Crippen molar-refractivity contribution in [1.82, 2.24) is 4.57 Å². The summed E-state index contributed by atoms with van der Waals surface area (Å²) in [7, 11) is 3.01. The first-order valence-electron chi connectivity index (χ1n) is 12.9. The van der Waals surface area contributed by atoms with E-state index in [-0.39, 0.29) is 11.5 Å². The number of allylic oxidation sites excluding steroid dienone is 1. The number of nitrogens with zero attached hydrogens (tertiary/aromatic N) is 2. The highest BCUT2D eigenvalue weighted by Gasteiger charge is 2.33. The molecule has 10 nitrogen and oxygen atoms in total. The number of amides is 1. The quantitative estimate of drug-likeness (QED) is 0.252.